The molecule has 20 heavy (non-hydrogen) atoms. The lowest BCUT2D eigenvalue weighted by atomic mass is 9.63. The fourth-order valence-corrected chi connectivity index (χ4v) is 4.57. The molecule has 0 bridgehead atoms. The lowest BCUT2D eigenvalue weighted by Crippen LogP contribution is -2.31. The zero-order chi connectivity index (χ0) is 14.3. The first-order chi connectivity index (χ1) is 9.79. The highest BCUT2D eigenvalue weighted by Crippen LogP contribution is 2.48. The molecule has 0 amide bonds. The van der Waals surface area contributed by atoms with Gasteiger partial charge in [-0.1, -0.05) is 51.5 Å². The predicted octanol–water partition coefficient (Wildman–Crippen LogP) is 5.75. The smallest absolute Gasteiger partial charge is 0.0644 e. The molecule has 0 aromatic heterocycles. The van der Waals surface area contributed by atoms with Crippen molar-refractivity contribution in [1.82, 2.24) is 0 Å². The Bertz CT molecular complexity index is 269. The van der Waals surface area contributed by atoms with E-state index in [4.69, 9.17) is 4.74 Å². The zero-order valence-electron chi connectivity index (χ0n) is 13.5. The van der Waals surface area contributed by atoms with Gasteiger partial charge in [-0.05, 0) is 49.4 Å². The molecule has 0 saturated heterocycles. The quantitative estimate of drug-likeness (QED) is 0.426. The van der Waals surface area contributed by atoms with E-state index in [-0.39, 0.29) is 0 Å². The van der Waals surface area contributed by atoms with Crippen LogP contribution >= 0.6 is 0 Å². The van der Waals surface area contributed by atoms with Gasteiger partial charge in [0.15, 0.2) is 0 Å². The molecule has 1 heteroatoms. The molecular formula is C19H34O. The van der Waals surface area contributed by atoms with E-state index >= 15 is 0 Å². The molecular weight excluding hydrogens is 244 g/mol. The summed E-state index contributed by atoms with van der Waals surface area (Å²) in [5, 5.41) is 0. The summed E-state index contributed by atoms with van der Waals surface area (Å²) < 4.78 is 5.64. The second kappa shape index (κ2) is 8.22. The van der Waals surface area contributed by atoms with E-state index < -0.39 is 0 Å². The van der Waals surface area contributed by atoms with E-state index in [1.807, 2.05) is 6.08 Å². The first-order valence-electron chi connectivity index (χ1n) is 8.98. The van der Waals surface area contributed by atoms with Crippen LogP contribution in [0.4, 0.5) is 0 Å². The van der Waals surface area contributed by atoms with E-state index in [2.05, 4.69) is 13.5 Å². The largest absolute Gasteiger partial charge is 0.377 e. The summed E-state index contributed by atoms with van der Waals surface area (Å²) in [4.78, 5) is 0. The van der Waals surface area contributed by atoms with Crippen molar-refractivity contribution in [3.05, 3.63) is 12.7 Å². The Hall–Kier alpha value is -0.300. The number of rotatable bonds is 7. The van der Waals surface area contributed by atoms with Gasteiger partial charge < -0.3 is 4.74 Å². The van der Waals surface area contributed by atoms with Crippen LogP contribution in [0.25, 0.3) is 0 Å². The standard InChI is InChI=1S/C19H34O/c1-3-15-20-16-14-19(4-2)12-10-18(11-13-19)17-8-6-5-7-9-17/h3,17-18H,1,4-16H2,2H3. The Balaban J connectivity index is 1.76. The van der Waals surface area contributed by atoms with Crippen molar-refractivity contribution in [2.75, 3.05) is 13.2 Å². The molecule has 0 atom stereocenters. The van der Waals surface area contributed by atoms with E-state index in [1.165, 1.54) is 70.6 Å². The Morgan fingerprint density at radius 3 is 2.30 bits per heavy atom. The van der Waals surface area contributed by atoms with Crippen LogP contribution in [-0.2, 0) is 4.74 Å². The van der Waals surface area contributed by atoms with Gasteiger partial charge in [0.2, 0.25) is 0 Å². The predicted molar refractivity (Wildman–Crippen MR) is 86.9 cm³/mol. The van der Waals surface area contributed by atoms with Crippen LogP contribution in [0.15, 0.2) is 12.7 Å². The highest BCUT2D eigenvalue weighted by Gasteiger charge is 2.36. The molecule has 0 spiro atoms. The first-order valence-corrected chi connectivity index (χ1v) is 8.98. The van der Waals surface area contributed by atoms with Crippen molar-refractivity contribution in [3.63, 3.8) is 0 Å². The summed E-state index contributed by atoms with van der Waals surface area (Å²) in [6.45, 7) is 7.74. The maximum atomic E-state index is 5.64. The third kappa shape index (κ3) is 4.35. The number of hydrogen-bond donors (Lipinski definition) is 0. The third-order valence-electron chi connectivity index (χ3n) is 6.17. The summed E-state index contributed by atoms with van der Waals surface area (Å²) >= 11 is 0. The molecule has 0 aliphatic heterocycles. The van der Waals surface area contributed by atoms with Crippen LogP contribution in [0.3, 0.4) is 0 Å². The fourth-order valence-electron chi connectivity index (χ4n) is 4.57. The van der Waals surface area contributed by atoms with Crippen molar-refractivity contribution >= 4 is 0 Å². The van der Waals surface area contributed by atoms with Gasteiger partial charge in [0, 0.05) is 6.61 Å². The van der Waals surface area contributed by atoms with E-state index in [9.17, 15) is 0 Å². The first kappa shape index (κ1) is 16.1. The maximum absolute atomic E-state index is 5.64. The molecule has 2 fully saturated rings. The van der Waals surface area contributed by atoms with E-state index in [0.717, 1.165) is 18.4 Å². The Morgan fingerprint density at radius 2 is 1.70 bits per heavy atom. The molecule has 0 heterocycles. The molecule has 0 aromatic carbocycles. The molecule has 2 saturated carbocycles. The van der Waals surface area contributed by atoms with Gasteiger partial charge in [0.1, 0.15) is 0 Å². The topological polar surface area (TPSA) is 9.23 Å². The van der Waals surface area contributed by atoms with E-state index in [1.54, 1.807) is 0 Å². The molecule has 0 aromatic rings. The van der Waals surface area contributed by atoms with Crippen molar-refractivity contribution < 1.29 is 4.74 Å². The highest BCUT2D eigenvalue weighted by atomic mass is 16.5. The summed E-state index contributed by atoms with van der Waals surface area (Å²) in [5.74, 6) is 2.11. The van der Waals surface area contributed by atoms with Gasteiger partial charge in [0.25, 0.3) is 0 Å². The van der Waals surface area contributed by atoms with Gasteiger partial charge >= 0.3 is 0 Å². The van der Waals surface area contributed by atoms with Crippen LogP contribution in [-0.4, -0.2) is 13.2 Å². The van der Waals surface area contributed by atoms with Gasteiger partial charge in [-0.2, -0.15) is 0 Å². The Kier molecular flexibility index (Phi) is 6.61. The number of hydrogen-bond acceptors (Lipinski definition) is 1. The minimum absolute atomic E-state index is 0.590. The number of ether oxygens (including phenoxy) is 1. The van der Waals surface area contributed by atoms with Crippen LogP contribution in [0.2, 0.25) is 0 Å². The average molecular weight is 278 g/mol. The van der Waals surface area contributed by atoms with Crippen LogP contribution in [0.5, 0.6) is 0 Å². The van der Waals surface area contributed by atoms with Gasteiger partial charge in [-0.25, -0.2) is 0 Å². The molecule has 1 nitrogen and oxygen atoms in total. The van der Waals surface area contributed by atoms with Crippen molar-refractivity contribution in [2.24, 2.45) is 17.3 Å². The molecule has 116 valence electrons. The summed E-state index contributed by atoms with van der Waals surface area (Å²) in [5.41, 5.74) is 0.590. The van der Waals surface area contributed by atoms with Crippen molar-refractivity contribution in [3.8, 4) is 0 Å². The summed E-state index contributed by atoms with van der Waals surface area (Å²) in [7, 11) is 0. The van der Waals surface area contributed by atoms with Crippen LogP contribution in [0, 0.1) is 17.3 Å². The fraction of sp³-hybridized carbons (Fsp3) is 0.895. The SMILES string of the molecule is C=CCOCCC1(CC)CCC(C2CCCCC2)CC1. The normalized spacial score (nSPS) is 32.1. The Morgan fingerprint density at radius 1 is 1.05 bits per heavy atom. The van der Waals surface area contributed by atoms with Crippen molar-refractivity contribution in [1.29, 1.82) is 0 Å². The third-order valence-corrected chi connectivity index (χ3v) is 6.17. The van der Waals surface area contributed by atoms with Crippen molar-refractivity contribution in [2.45, 2.75) is 77.6 Å². The molecule has 2 aliphatic rings. The van der Waals surface area contributed by atoms with Crippen LogP contribution < -0.4 is 0 Å². The lowest BCUT2D eigenvalue weighted by Gasteiger charge is -2.43. The minimum atomic E-state index is 0.590. The minimum Gasteiger partial charge on any atom is -0.377 e. The second-order valence-electron chi connectivity index (χ2n) is 7.20. The van der Waals surface area contributed by atoms with Gasteiger partial charge in [-0.15, -0.1) is 6.58 Å². The molecule has 0 unspecified atom stereocenters. The zero-order valence-corrected chi connectivity index (χ0v) is 13.5. The van der Waals surface area contributed by atoms with Crippen LogP contribution in [0.1, 0.15) is 77.6 Å². The van der Waals surface area contributed by atoms with E-state index in [0.29, 0.717) is 12.0 Å². The monoisotopic (exact) mass is 278 g/mol. The molecule has 2 rings (SSSR count). The van der Waals surface area contributed by atoms with Gasteiger partial charge in [-0.3, -0.25) is 0 Å². The molecule has 0 N–H and O–H groups in total. The summed E-state index contributed by atoms with van der Waals surface area (Å²) in [6, 6.07) is 0. The Labute approximate surface area is 126 Å². The maximum Gasteiger partial charge on any atom is 0.0644 e. The molecule has 0 radical (unpaired) electrons. The van der Waals surface area contributed by atoms with Gasteiger partial charge in [0.05, 0.1) is 6.61 Å². The lowest BCUT2D eigenvalue weighted by molar-refractivity contribution is 0.0538. The summed E-state index contributed by atoms with van der Waals surface area (Å²) in [6.07, 6.45) is 17.8. The second-order valence-corrected chi connectivity index (χ2v) is 7.20. The molecule has 2 aliphatic carbocycles. The highest BCUT2D eigenvalue weighted by molar-refractivity contribution is 4.87. The average Bonchev–Trinajstić information content (AvgIpc) is 2.53.